The lowest BCUT2D eigenvalue weighted by Crippen LogP contribution is -2.27. The van der Waals surface area contributed by atoms with Gasteiger partial charge in [0.25, 0.3) is 0 Å². The third kappa shape index (κ3) is 4.20. The smallest absolute Gasteiger partial charge is 0.129 e. The number of benzene rings is 2. The Balaban J connectivity index is 1.34. The summed E-state index contributed by atoms with van der Waals surface area (Å²) >= 11 is 0. The van der Waals surface area contributed by atoms with Crippen molar-refractivity contribution in [3.8, 4) is 11.5 Å². The van der Waals surface area contributed by atoms with Crippen molar-refractivity contribution in [2.45, 2.75) is 51.1 Å². The molecule has 4 rings (SSSR count). The number of nitrogens with one attached hydrogen (secondary N) is 2. The molecule has 25 heavy (non-hydrogen) atoms. The number of nitrogens with zero attached hydrogens (tertiary/aromatic N) is 1. The Bertz CT molecular complexity index is 801. The number of hydrogen-bond donors (Lipinski definition) is 2. The Morgan fingerprint density at radius 3 is 2.52 bits per heavy atom. The second-order valence-corrected chi connectivity index (χ2v) is 6.90. The topological polar surface area (TPSA) is 49.9 Å². The van der Waals surface area contributed by atoms with Crippen LogP contribution in [0.2, 0.25) is 0 Å². The van der Waals surface area contributed by atoms with Gasteiger partial charge in [-0.25, -0.2) is 4.98 Å². The molecule has 0 amide bonds. The molecule has 0 atom stereocenters. The first kappa shape index (κ1) is 16.2. The highest BCUT2D eigenvalue weighted by Crippen LogP contribution is 2.24. The molecule has 2 N–H and O–H groups in total. The van der Waals surface area contributed by atoms with E-state index in [-0.39, 0.29) is 0 Å². The lowest BCUT2D eigenvalue weighted by atomic mass is 10.1. The lowest BCUT2D eigenvalue weighted by molar-refractivity contribution is 0.458. The van der Waals surface area contributed by atoms with E-state index in [9.17, 15) is 0 Å². The van der Waals surface area contributed by atoms with Crippen LogP contribution in [-0.4, -0.2) is 16.0 Å². The zero-order valence-electron chi connectivity index (χ0n) is 14.5. The number of hydrogen-bond acceptors (Lipinski definition) is 3. The van der Waals surface area contributed by atoms with Crippen molar-refractivity contribution < 1.29 is 4.74 Å². The molecule has 0 saturated heterocycles. The second-order valence-electron chi connectivity index (χ2n) is 6.90. The van der Waals surface area contributed by atoms with Crippen LogP contribution in [0.4, 0.5) is 0 Å². The molecule has 0 radical (unpaired) electrons. The molecule has 0 aliphatic heterocycles. The standard InChI is InChI=1S/C21H25N3O/c1-2-4-6-17(5-3-1)22-14-16-7-9-18(10-8-16)25-19-11-12-20-21(13-19)24-15-23-20/h7-13,15,17,22H,1-6,14H2,(H,23,24). The van der Waals surface area contributed by atoms with Crippen LogP contribution in [0.1, 0.15) is 44.1 Å². The van der Waals surface area contributed by atoms with Gasteiger partial charge in [0.15, 0.2) is 0 Å². The molecule has 0 bridgehead atoms. The largest absolute Gasteiger partial charge is 0.457 e. The summed E-state index contributed by atoms with van der Waals surface area (Å²) in [5, 5.41) is 3.71. The summed E-state index contributed by atoms with van der Waals surface area (Å²) in [6, 6.07) is 14.9. The maximum absolute atomic E-state index is 5.95. The molecule has 4 nitrogen and oxygen atoms in total. The van der Waals surface area contributed by atoms with E-state index in [1.807, 2.05) is 30.3 Å². The Kier molecular flexibility index (Phi) is 4.98. The monoisotopic (exact) mass is 335 g/mol. The van der Waals surface area contributed by atoms with Crippen LogP contribution in [-0.2, 0) is 6.54 Å². The molecular weight excluding hydrogens is 310 g/mol. The van der Waals surface area contributed by atoms with Gasteiger partial charge < -0.3 is 15.0 Å². The Hall–Kier alpha value is -2.33. The third-order valence-corrected chi connectivity index (χ3v) is 5.00. The highest BCUT2D eigenvalue weighted by Gasteiger charge is 2.11. The fraction of sp³-hybridized carbons (Fsp3) is 0.381. The number of H-pyrrole nitrogens is 1. The Labute approximate surface area is 148 Å². The molecule has 0 spiro atoms. The van der Waals surface area contributed by atoms with E-state index in [0.717, 1.165) is 29.1 Å². The summed E-state index contributed by atoms with van der Waals surface area (Å²) in [6.07, 6.45) is 9.86. The minimum absolute atomic E-state index is 0.680. The molecule has 1 heterocycles. The van der Waals surface area contributed by atoms with Crippen molar-refractivity contribution in [2.75, 3.05) is 0 Å². The van der Waals surface area contributed by atoms with Crippen LogP contribution in [0.5, 0.6) is 11.5 Å². The fourth-order valence-corrected chi connectivity index (χ4v) is 3.54. The zero-order valence-corrected chi connectivity index (χ0v) is 14.5. The summed E-state index contributed by atoms with van der Waals surface area (Å²) < 4.78 is 5.95. The Morgan fingerprint density at radius 1 is 0.960 bits per heavy atom. The first-order valence-electron chi connectivity index (χ1n) is 9.30. The van der Waals surface area contributed by atoms with E-state index in [2.05, 4.69) is 27.4 Å². The molecule has 1 aromatic heterocycles. The minimum Gasteiger partial charge on any atom is -0.457 e. The van der Waals surface area contributed by atoms with Gasteiger partial charge in [-0.2, -0.15) is 0 Å². The van der Waals surface area contributed by atoms with E-state index in [0.29, 0.717) is 6.04 Å². The van der Waals surface area contributed by atoms with Gasteiger partial charge in [-0.05, 0) is 42.7 Å². The molecule has 1 fully saturated rings. The van der Waals surface area contributed by atoms with E-state index in [1.54, 1.807) is 6.33 Å². The van der Waals surface area contributed by atoms with E-state index >= 15 is 0 Å². The quantitative estimate of drug-likeness (QED) is 0.633. The van der Waals surface area contributed by atoms with E-state index in [1.165, 1.54) is 44.1 Å². The molecule has 1 saturated carbocycles. The van der Waals surface area contributed by atoms with Crippen molar-refractivity contribution in [1.29, 1.82) is 0 Å². The summed E-state index contributed by atoms with van der Waals surface area (Å²) in [4.78, 5) is 7.33. The molecule has 0 unspecified atom stereocenters. The summed E-state index contributed by atoms with van der Waals surface area (Å²) in [5.74, 6) is 1.68. The number of aromatic nitrogens is 2. The lowest BCUT2D eigenvalue weighted by Gasteiger charge is -2.16. The molecule has 130 valence electrons. The van der Waals surface area contributed by atoms with Crippen molar-refractivity contribution in [1.82, 2.24) is 15.3 Å². The van der Waals surface area contributed by atoms with Gasteiger partial charge in [0.05, 0.1) is 17.4 Å². The zero-order chi connectivity index (χ0) is 16.9. The van der Waals surface area contributed by atoms with Gasteiger partial charge in [-0.15, -0.1) is 0 Å². The van der Waals surface area contributed by atoms with Gasteiger partial charge in [-0.3, -0.25) is 0 Å². The second kappa shape index (κ2) is 7.70. The molecule has 1 aliphatic rings. The molecule has 3 aromatic rings. The van der Waals surface area contributed by atoms with Crippen LogP contribution in [0, 0.1) is 0 Å². The molecule has 2 aromatic carbocycles. The normalized spacial score (nSPS) is 16.0. The number of imidazole rings is 1. The molecule has 1 aliphatic carbocycles. The van der Waals surface area contributed by atoms with Crippen molar-refractivity contribution in [2.24, 2.45) is 0 Å². The van der Waals surface area contributed by atoms with Gasteiger partial charge in [0, 0.05) is 18.7 Å². The summed E-state index contributed by atoms with van der Waals surface area (Å²) in [7, 11) is 0. The summed E-state index contributed by atoms with van der Waals surface area (Å²) in [6.45, 7) is 0.936. The van der Waals surface area contributed by atoms with Gasteiger partial charge in [0.1, 0.15) is 11.5 Å². The van der Waals surface area contributed by atoms with E-state index < -0.39 is 0 Å². The van der Waals surface area contributed by atoms with Crippen LogP contribution < -0.4 is 10.1 Å². The third-order valence-electron chi connectivity index (χ3n) is 5.00. The average molecular weight is 335 g/mol. The average Bonchev–Trinajstić information content (AvgIpc) is 2.95. The first-order chi connectivity index (χ1) is 12.4. The number of rotatable bonds is 5. The summed E-state index contributed by atoms with van der Waals surface area (Å²) in [5.41, 5.74) is 3.25. The number of fused-ring (bicyclic) bond motifs is 1. The van der Waals surface area contributed by atoms with Gasteiger partial charge in [0.2, 0.25) is 0 Å². The van der Waals surface area contributed by atoms with Crippen molar-refractivity contribution >= 4 is 11.0 Å². The highest BCUT2D eigenvalue weighted by molar-refractivity contribution is 5.76. The van der Waals surface area contributed by atoms with E-state index in [4.69, 9.17) is 4.74 Å². The Morgan fingerprint density at radius 2 is 1.72 bits per heavy atom. The maximum Gasteiger partial charge on any atom is 0.129 e. The SMILES string of the molecule is c1nc2ccc(Oc3ccc(CNC4CCCCCC4)cc3)cc2[nH]1. The van der Waals surface area contributed by atoms with Crippen LogP contribution in [0.25, 0.3) is 11.0 Å². The number of ether oxygens (including phenoxy) is 1. The highest BCUT2D eigenvalue weighted by atomic mass is 16.5. The number of aromatic amines is 1. The predicted octanol–water partition coefficient (Wildman–Crippen LogP) is 5.17. The van der Waals surface area contributed by atoms with Gasteiger partial charge >= 0.3 is 0 Å². The van der Waals surface area contributed by atoms with Crippen LogP contribution in [0.3, 0.4) is 0 Å². The van der Waals surface area contributed by atoms with Gasteiger partial charge in [-0.1, -0.05) is 37.8 Å². The van der Waals surface area contributed by atoms with Crippen LogP contribution in [0.15, 0.2) is 48.8 Å². The maximum atomic E-state index is 5.95. The molecule has 4 heteroatoms. The van der Waals surface area contributed by atoms with Crippen molar-refractivity contribution in [3.05, 3.63) is 54.4 Å². The first-order valence-corrected chi connectivity index (χ1v) is 9.30. The van der Waals surface area contributed by atoms with Crippen LogP contribution >= 0.6 is 0 Å². The minimum atomic E-state index is 0.680. The molecular formula is C21H25N3O. The van der Waals surface area contributed by atoms with Crippen molar-refractivity contribution in [3.63, 3.8) is 0 Å². The fourth-order valence-electron chi connectivity index (χ4n) is 3.54. The predicted molar refractivity (Wildman–Crippen MR) is 101 cm³/mol.